The van der Waals surface area contributed by atoms with E-state index in [0.29, 0.717) is 39.6 Å². The first-order valence-electron chi connectivity index (χ1n) is 16.2. The molecule has 0 saturated heterocycles. The summed E-state index contributed by atoms with van der Waals surface area (Å²) in [5.74, 6) is -2.42. The summed E-state index contributed by atoms with van der Waals surface area (Å²) in [4.78, 5) is 59.7. The molecule has 2 aromatic carbocycles. The smallest absolute Gasteiger partial charge is 0.407 e. The predicted octanol–water partition coefficient (Wildman–Crippen LogP) is 0.374. The highest BCUT2D eigenvalue weighted by molar-refractivity contribution is 5.95. The average molecular weight is 686 g/mol. The van der Waals surface area contributed by atoms with E-state index in [0.717, 1.165) is 11.1 Å². The summed E-state index contributed by atoms with van der Waals surface area (Å²) in [6.45, 7) is 4.04. The van der Waals surface area contributed by atoms with Crippen molar-refractivity contribution in [2.45, 2.75) is 37.8 Å². The van der Waals surface area contributed by atoms with Gasteiger partial charge in [-0.05, 0) is 29.2 Å². The largest absolute Gasteiger partial charge is 0.449 e. The van der Waals surface area contributed by atoms with Crippen LogP contribution in [0.4, 0.5) is 4.79 Å². The SMILES string of the molecule is C[C@H](NC(=O)[C@H](CC(N)=O)NC(=O)CCOCCOCCOCCOCCNC(=O)OCC1c2ccccc2-c2ccccc21)C(=O)CN. The van der Waals surface area contributed by atoms with E-state index >= 15 is 0 Å². The zero-order valence-corrected chi connectivity index (χ0v) is 27.8. The highest BCUT2D eigenvalue weighted by atomic mass is 16.6. The summed E-state index contributed by atoms with van der Waals surface area (Å²) < 4.78 is 27.2. The molecule has 2 atom stereocenters. The number of carbonyl (C=O) groups excluding carboxylic acids is 5. The molecule has 0 radical (unpaired) electrons. The van der Waals surface area contributed by atoms with Crippen LogP contribution in [0.1, 0.15) is 36.8 Å². The number of Topliss-reactive ketones (excluding diaryl/α,β-unsaturated/α-hetero) is 1. The average Bonchev–Trinajstić information content (AvgIpc) is 3.41. The number of fused-ring (bicyclic) bond motifs is 3. The fourth-order valence-corrected chi connectivity index (χ4v) is 5.05. The second-order valence-electron chi connectivity index (χ2n) is 11.1. The number of ketones is 1. The second-order valence-corrected chi connectivity index (χ2v) is 11.1. The molecule has 268 valence electrons. The van der Waals surface area contributed by atoms with Crippen molar-refractivity contribution >= 4 is 29.6 Å². The fraction of sp³-hybridized carbons (Fsp3) is 0.500. The van der Waals surface area contributed by atoms with Gasteiger partial charge in [0.15, 0.2) is 5.78 Å². The molecule has 15 heteroatoms. The molecule has 0 saturated carbocycles. The monoisotopic (exact) mass is 685 g/mol. The second kappa shape index (κ2) is 21.5. The van der Waals surface area contributed by atoms with Gasteiger partial charge in [-0.3, -0.25) is 19.2 Å². The molecular weight excluding hydrogens is 638 g/mol. The third-order valence-corrected chi connectivity index (χ3v) is 7.55. The molecule has 0 fully saturated rings. The van der Waals surface area contributed by atoms with Gasteiger partial charge in [-0.25, -0.2) is 4.79 Å². The molecule has 3 rings (SSSR count). The van der Waals surface area contributed by atoms with E-state index in [1.165, 1.54) is 18.1 Å². The van der Waals surface area contributed by atoms with Crippen LogP contribution in [0.5, 0.6) is 0 Å². The first-order chi connectivity index (χ1) is 23.7. The Labute approximate surface area is 285 Å². The van der Waals surface area contributed by atoms with Gasteiger partial charge in [-0.2, -0.15) is 0 Å². The summed E-state index contributed by atoms with van der Waals surface area (Å²) in [6, 6.07) is 14.2. The molecule has 15 nitrogen and oxygen atoms in total. The number of nitrogens with two attached hydrogens (primary N) is 2. The predicted molar refractivity (Wildman–Crippen MR) is 178 cm³/mol. The molecule has 2 aromatic rings. The van der Waals surface area contributed by atoms with E-state index in [1.54, 1.807) is 0 Å². The van der Waals surface area contributed by atoms with Gasteiger partial charge in [0.2, 0.25) is 17.7 Å². The number of benzene rings is 2. The number of rotatable bonds is 24. The molecule has 0 aliphatic heterocycles. The Morgan fingerprint density at radius 3 is 1.84 bits per heavy atom. The molecular formula is C34H47N5O10. The molecule has 1 aliphatic carbocycles. The Morgan fingerprint density at radius 2 is 1.29 bits per heavy atom. The first-order valence-corrected chi connectivity index (χ1v) is 16.2. The molecule has 7 N–H and O–H groups in total. The molecule has 0 aromatic heterocycles. The summed E-state index contributed by atoms with van der Waals surface area (Å²) in [6.07, 6.45) is -0.984. The Morgan fingerprint density at radius 1 is 0.755 bits per heavy atom. The van der Waals surface area contributed by atoms with Crippen molar-refractivity contribution in [2.24, 2.45) is 11.5 Å². The maximum Gasteiger partial charge on any atom is 0.407 e. The topological polar surface area (TPSA) is 220 Å². The zero-order valence-electron chi connectivity index (χ0n) is 27.8. The third kappa shape index (κ3) is 13.6. The van der Waals surface area contributed by atoms with E-state index in [2.05, 4.69) is 40.2 Å². The van der Waals surface area contributed by atoms with Crippen molar-refractivity contribution in [2.75, 3.05) is 72.6 Å². The number of alkyl carbamates (subject to hydrolysis) is 1. The van der Waals surface area contributed by atoms with Crippen molar-refractivity contribution in [3.05, 3.63) is 59.7 Å². The van der Waals surface area contributed by atoms with Gasteiger partial charge < -0.3 is 51.1 Å². The van der Waals surface area contributed by atoms with Gasteiger partial charge in [0, 0.05) is 18.9 Å². The molecule has 0 bridgehead atoms. The summed E-state index contributed by atoms with van der Waals surface area (Å²) >= 11 is 0. The van der Waals surface area contributed by atoms with Crippen LogP contribution in [-0.4, -0.2) is 114 Å². The molecule has 0 heterocycles. The minimum atomic E-state index is -1.22. The van der Waals surface area contributed by atoms with Crippen LogP contribution in [0, 0.1) is 0 Å². The van der Waals surface area contributed by atoms with E-state index in [9.17, 15) is 24.0 Å². The number of nitrogens with one attached hydrogen (secondary N) is 3. The number of hydrogen-bond donors (Lipinski definition) is 5. The number of carbonyl (C=O) groups is 5. The summed E-state index contributed by atoms with van der Waals surface area (Å²) in [7, 11) is 0. The highest BCUT2D eigenvalue weighted by Crippen LogP contribution is 2.44. The van der Waals surface area contributed by atoms with Crippen molar-refractivity contribution in [1.82, 2.24) is 16.0 Å². The Bertz CT molecular complexity index is 1350. The van der Waals surface area contributed by atoms with Gasteiger partial charge >= 0.3 is 6.09 Å². The quantitative estimate of drug-likeness (QED) is 0.0951. The normalized spacial score (nSPS) is 13.1. The highest BCUT2D eigenvalue weighted by Gasteiger charge is 2.29. The number of ether oxygens (including phenoxy) is 5. The van der Waals surface area contributed by atoms with E-state index < -0.39 is 48.1 Å². The van der Waals surface area contributed by atoms with E-state index in [4.69, 9.17) is 35.2 Å². The van der Waals surface area contributed by atoms with Crippen molar-refractivity contribution < 1.29 is 47.7 Å². The third-order valence-electron chi connectivity index (χ3n) is 7.55. The van der Waals surface area contributed by atoms with Gasteiger partial charge in [0.1, 0.15) is 12.6 Å². The first kappa shape index (κ1) is 39.0. The van der Waals surface area contributed by atoms with Crippen LogP contribution < -0.4 is 27.4 Å². The molecule has 0 spiro atoms. The molecule has 49 heavy (non-hydrogen) atoms. The maximum atomic E-state index is 12.4. The lowest BCUT2D eigenvalue weighted by atomic mass is 9.98. The minimum absolute atomic E-state index is 0.00536. The summed E-state index contributed by atoms with van der Waals surface area (Å²) in [5.41, 5.74) is 15.1. The lowest BCUT2D eigenvalue weighted by Gasteiger charge is -2.19. The van der Waals surface area contributed by atoms with Crippen LogP contribution >= 0.6 is 0 Å². The Hall–Kier alpha value is -4.41. The zero-order chi connectivity index (χ0) is 35.4. The molecule has 4 amide bonds. The number of primary amides is 1. The number of hydrogen-bond acceptors (Lipinski definition) is 11. The Balaban J connectivity index is 1.13. The summed E-state index contributed by atoms with van der Waals surface area (Å²) in [5, 5.41) is 7.54. The van der Waals surface area contributed by atoms with Gasteiger partial charge in [-0.1, -0.05) is 48.5 Å². The van der Waals surface area contributed by atoms with Crippen molar-refractivity contribution in [3.8, 4) is 11.1 Å². The van der Waals surface area contributed by atoms with Crippen molar-refractivity contribution in [3.63, 3.8) is 0 Å². The minimum Gasteiger partial charge on any atom is -0.449 e. The maximum absolute atomic E-state index is 12.4. The lowest BCUT2D eigenvalue weighted by molar-refractivity contribution is -0.133. The Kier molecular flexibility index (Phi) is 17.2. The number of amides is 4. The molecule has 1 aliphatic rings. The van der Waals surface area contributed by atoms with E-state index in [-0.39, 0.29) is 45.3 Å². The van der Waals surface area contributed by atoms with Gasteiger partial charge in [0.25, 0.3) is 0 Å². The fourth-order valence-electron chi connectivity index (χ4n) is 5.05. The van der Waals surface area contributed by atoms with Gasteiger partial charge in [-0.15, -0.1) is 0 Å². The van der Waals surface area contributed by atoms with Crippen LogP contribution in [0.15, 0.2) is 48.5 Å². The van der Waals surface area contributed by atoms with Gasteiger partial charge in [0.05, 0.1) is 71.9 Å². The molecule has 0 unspecified atom stereocenters. The van der Waals surface area contributed by atoms with Crippen LogP contribution in [0.3, 0.4) is 0 Å². The standard InChI is InChI=1S/C34H47N5O10/c1-23(30(40)21-35)38-33(43)29(20-31(36)41)39-32(42)10-12-45-14-16-47-18-19-48-17-15-46-13-11-37-34(44)49-22-28-26-8-4-2-6-24(26)25-7-3-5-9-27(25)28/h2-9,23,28-29H,10-22,35H2,1H3,(H2,36,41)(H,37,44)(H,38,43)(H,39,42)/t23-,29-/m0/s1. The van der Waals surface area contributed by atoms with Crippen LogP contribution in [0.25, 0.3) is 11.1 Å². The van der Waals surface area contributed by atoms with Crippen LogP contribution in [0.2, 0.25) is 0 Å². The van der Waals surface area contributed by atoms with E-state index in [1.807, 2.05) is 24.3 Å². The van der Waals surface area contributed by atoms with Crippen LogP contribution in [-0.2, 0) is 42.9 Å². The lowest BCUT2D eigenvalue weighted by Crippen LogP contribution is -2.52. The van der Waals surface area contributed by atoms with Crippen molar-refractivity contribution in [1.29, 1.82) is 0 Å².